The topological polar surface area (TPSA) is 19.4 Å². The van der Waals surface area contributed by atoms with Crippen molar-refractivity contribution in [1.29, 1.82) is 0 Å². The van der Waals surface area contributed by atoms with Crippen LogP contribution in [0.4, 0.5) is 102 Å². The molecule has 0 spiro atoms. The summed E-state index contributed by atoms with van der Waals surface area (Å²) in [6, 6.07) is 119. The standard InChI is InChI=1S/C104H112N6/c1-9-15-21-81-31-47-89(48-32-81)105(87-43-27-79(7)28-44-87)95-59-69-100(70-60-95)109(94-57-41-86(42-58-94)26-20-14-6)101-71-61-96(62-72-101)106(88-45-29-80(8)30-46-88)97-63-73-102(74-64-97)110(103-75-65-98(66-76-103)107(90-49-33-82(34-50-90)22-16-10-2)91-51-35-83(36-52-91)23-17-11-3)104-77-67-99(68-78-104)108(92-53-37-84(38-54-92)24-18-12-4)93-55-39-85(40-56-93)25-19-13-5/h27-78H,9-26H2,1-8H3. The SMILES string of the molecule is CCCCc1ccc(N(c2ccc(C)cc2)c2ccc(N(c3ccc(CCCC)cc3)c3ccc(N(c4ccc(C)cc4)c4ccc(N(c5ccc(N(c6ccc(CCCC)cc6)c6ccc(CCCC)cc6)cc5)c5ccc(N(c6ccc(CCCC)cc6)c6ccc(CCCC)cc6)cc5)cc4)cc3)cc2)cc1. The third-order valence-corrected chi connectivity index (χ3v) is 21.5. The highest BCUT2D eigenvalue weighted by Crippen LogP contribution is 2.46. The van der Waals surface area contributed by atoms with E-state index in [-0.39, 0.29) is 0 Å². The second kappa shape index (κ2) is 38.1. The third kappa shape index (κ3) is 19.2. The highest BCUT2D eigenvalue weighted by molar-refractivity contribution is 5.87. The maximum absolute atomic E-state index is 2.41. The van der Waals surface area contributed by atoms with Crippen LogP contribution in [0.15, 0.2) is 315 Å². The average molecular weight is 1450 g/mol. The third-order valence-electron chi connectivity index (χ3n) is 21.5. The lowest BCUT2D eigenvalue weighted by molar-refractivity contribution is 0.795. The summed E-state index contributed by atoms with van der Waals surface area (Å²) < 4.78 is 0. The Kier molecular flexibility index (Phi) is 26.6. The first-order valence-corrected chi connectivity index (χ1v) is 41.1. The largest absolute Gasteiger partial charge is 0.311 e. The molecular weight excluding hydrogens is 1330 g/mol. The Hall–Kier alpha value is -11.3. The minimum atomic E-state index is 1.04. The maximum atomic E-state index is 2.41. The van der Waals surface area contributed by atoms with Crippen LogP contribution in [0, 0.1) is 13.8 Å². The zero-order valence-corrected chi connectivity index (χ0v) is 66.4. The molecular formula is C104H112N6. The van der Waals surface area contributed by atoms with Crippen molar-refractivity contribution in [2.75, 3.05) is 29.4 Å². The number of hydrogen-bond acceptors (Lipinski definition) is 6. The molecule has 0 saturated carbocycles. The minimum Gasteiger partial charge on any atom is -0.311 e. The van der Waals surface area contributed by atoms with Gasteiger partial charge in [-0.3, -0.25) is 0 Å². The molecule has 13 aromatic rings. The van der Waals surface area contributed by atoms with Gasteiger partial charge in [0, 0.05) is 102 Å². The van der Waals surface area contributed by atoms with Gasteiger partial charge in [0.1, 0.15) is 0 Å². The van der Waals surface area contributed by atoms with E-state index < -0.39 is 0 Å². The van der Waals surface area contributed by atoms with Gasteiger partial charge in [-0.05, 0) is 343 Å². The molecule has 0 fully saturated rings. The molecule has 0 N–H and O–H groups in total. The van der Waals surface area contributed by atoms with Crippen molar-refractivity contribution >= 4 is 102 Å². The maximum Gasteiger partial charge on any atom is 0.0463 e. The normalized spacial score (nSPS) is 11.2. The van der Waals surface area contributed by atoms with Gasteiger partial charge in [0.05, 0.1) is 0 Å². The molecule has 0 heterocycles. The van der Waals surface area contributed by atoms with Gasteiger partial charge >= 0.3 is 0 Å². The zero-order chi connectivity index (χ0) is 76.0. The first-order valence-electron chi connectivity index (χ1n) is 41.1. The van der Waals surface area contributed by atoms with Crippen molar-refractivity contribution in [2.24, 2.45) is 0 Å². The molecule has 0 bridgehead atoms. The highest BCUT2D eigenvalue weighted by atomic mass is 15.2. The van der Waals surface area contributed by atoms with Gasteiger partial charge < -0.3 is 29.4 Å². The van der Waals surface area contributed by atoms with E-state index in [1.54, 1.807) is 0 Å². The predicted molar refractivity (Wildman–Crippen MR) is 476 cm³/mol. The summed E-state index contributed by atoms with van der Waals surface area (Å²) in [5, 5.41) is 0. The fraction of sp³-hybridized carbons (Fsp3) is 0.250. The van der Waals surface area contributed by atoms with Crippen LogP contribution in [0.5, 0.6) is 0 Å². The average Bonchev–Trinajstić information content (AvgIpc) is 0.786. The second-order valence-corrected chi connectivity index (χ2v) is 29.9. The van der Waals surface area contributed by atoms with E-state index in [0.717, 1.165) is 147 Å². The molecule has 0 saturated heterocycles. The van der Waals surface area contributed by atoms with Crippen molar-refractivity contribution in [1.82, 2.24) is 0 Å². The van der Waals surface area contributed by atoms with Crippen molar-refractivity contribution in [3.63, 3.8) is 0 Å². The van der Waals surface area contributed by atoms with Crippen molar-refractivity contribution in [3.05, 3.63) is 360 Å². The van der Waals surface area contributed by atoms with Gasteiger partial charge in [0.15, 0.2) is 0 Å². The smallest absolute Gasteiger partial charge is 0.0463 e. The van der Waals surface area contributed by atoms with E-state index in [0.29, 0.717) is 0 Å². The lowest BCUT2D eigenvalue weighted by Crippen LogP contribution is -2.14. The van der Waals surface area contributed by atoms with Gasteiger partial charge in [-0.1, -0.05) is 188 Å². The van der Waals surface area contributed by atoms with E-state index in [1.165, 1.54) is 115 Å². The first kappa shape index (κ1) is 76.8. The molecule has 0 amide bonds. The van der Waals surface area contributed by atoms with Gasteiger partial charge in [0.2, 0.25) is 0 Å². The second-order valence-electron chi connectivity index (χ2n) is 29.9. The molecule has 0 radical (unpaired) electrons. The number of aryl methyl sites for hydroxylation is 8. The monoisotopic (exact) mass is 1440 g/mol. The van der Waals surface area contributed by atoms with Gasteiger partial charge in [-0.25, -0.2) is 0 Å². The van der Waals surface area contributed by atoms with Gasteiger partial charge in [-0.2, -0.15) is 0 Å². The fourth-order valence-electron chi connectivity index (χ4n) is 15.0. The van der Waals surface area contributed by atoms with E-state index in [4.69, 9.17) is 0 Å². The Bertz CT molecular complexity index is 4650. The number of hydrogen-bond donors (Lipinski definition) is 0. The summed E-state index contributed by atoms with van der Waals surface area (Å²) in [4.78, 5) is 14.4. The molecule has 0 aromatic heterocycles. The Morgan fingerprint density at radius 1 is 0.136 bits per heavy atom. The molecule has 110 heavy (non-hydrogen) atoms. The van der Waals surface area contributed by atoms with E-state index >= 15 is 0 Å². The molecule has 0 aliphatic carbocycles. The molecule has 558 valence electrons. The molecule has 0 aliphatic heterocycles. The molecule has 13 rings (SSSR count). The lowest BCUT2D eigenvalue weighted by Gasteiger charge is -2.31. The van der Waals surface area contributed by atoms with Crippen LogP contribution >= 0.6 is 0 Å². The molecule has 0 atom stereocenters. The van der Waals surface area contributed by atoms with Crippen LogP contribution in [-0.4, -0.2) is 0 Å². The van der Waals surface area contributed by atoms with E-state index in [1.807, 2.05) is 0 Å². The number of anilines is 18. The highest BCUT2D eigenvalue weighted by Gasteiger charge is 2.23. The Morgan fingerprint density at radius 2 is 0.227 bits per heavy atom. The van der Waals surface area contributed by atoms with Crippen LogP contribution in [0.1, 0.15) is 163 Å². The fourth-order valence-corrected chi connectivity index (χ4v) is 15.0. The van der Waals surface area contributed by atoms with Crippen LogP contribution < -0.4 is 29.4 Å². The van der Waals surface area contributed by atoms with E-state index in [2.05, 4.69) is 400 Å². The first-order chi connectivity index (χ1) is 54.1. The molecule has 0 aliphatic rings. The summed E-state index contributed by atoms with van der Waals surface area (Å²) in [5.74, 6) is 0. The lowest BCUT2D eigenvalue weighted by atomic mass is 10.1. The van der Waals surface area contributed by atoms with Gasteiger partial charge in [-0.15, -0.1) is 0 Å². The number of rotatable bonds is 36. The number of nitrogens with zero attached hydrogens (tertiary/aromatic N) is 6. The zero-order valence-electron chi connectivity index (χ0n) is 66.4. The number of benzene rings is 13. The Morgan fingerprint density at radius 3 is 0.327 bits per heavy atom. The van der Waals surface area contributed by atoms with Crippen LogP contribution in [0.2, 0.25) is 0 Å². The molecule has 0 unspecified atom stereocenters. The molecule has 6 heteroatoms. The van der Waals surface area contributed by atoms with Crippen molar-refractivity contribution in [3.8, 4) is 0 Å². The minimum absolute atomic E-state index is 1.04. The Labute approximate surface area is 658 Å². The summed E-state index contributed by atoms with van der Waals surface area (Å²) in [6.45, 7) is 17.9. The van der Waals surface area contributed by atoms with Crippen LogP contribution in [0.25, 0.3) is 0 Å². The summed E-state index contributed by atoms with van der Waals surface area (Å²) >= 11 is 0. The van der Waals surface area contributed by atoms with Crippen molar-refractivity contribution in [2.45, 2.75) is 171 Å². The summed E-state index contributed by atoms with van der Waals surface area (Å²) in [7, 11) is 0. The van der Waals surface area contributed by atoms with Crippen LogP contribution in [0.3, 0.4) is 0 Å². The van der Waals surface area contributed by atoms with E-state index in [9.17, 15) is 0 Å². The van der Waals surface area contributed by atoms with Crippen LogP contribution in [-0.2, 0) is 38.5 Å². The molecule has 6 nitrogen and oxygen atoms in total. The van der Waals surface area contributed by atoms with Gasteiger partial charge in [0.25, 0.3) is 0 Å². The molecule has 13 aromatic carbocycles. The van der Waals surface area contributed by atoms with Crippen molar-refractivity contribution < 1.29 is 0 Å². The summed E-state index contributed by atoms with van der Waals surface area (Å²) in [6.07, 6.45) is 20.6. The Balaban J connectivity index is 0.877. The quantitative estimate of drug-likeness (QED) is 0.0387. The predicted octanol–water partition coefficient (Wildman–Crippen LogP) is 31.2. The summed E-state index contributed by atoms with van der Waals surface area (Å²) in [5.41, 5.74) is 30.4. The number of unbranched alkanes of at least 4 members (excludes halogenated alkanes) is 6.